The number of primary amides is 1. The number of nitrogens with zero attached hydrogens (tertiary/aromatic N) is 2. The van der Waals surface area contributed by atoms with Crippen molar-refractivity contribution in [3.05, 3.63) is 57.3 Å². The van der Waals surface area contributed by atoms with E-state index in [1.165, 1.54) is 13.0 Å². The zero-order chi connectivity index (χ0) is 21.7. The molecule has 2 rings (SSSR count). The first-order valence-corrected chi connectivity index (χ1v) is 9.31. The lowest BCUT2D eigenvalue weighted by molar-refractivity contribution is -0.150. The predicted octanol–water partition coefficient (Wildman–Crippen LogP) is 2.89. The lowest BCUT2D eigenvalue weighted by Crippen LogP contribution is -2.42. The number of hydrogen-bond acceptors (Lipinski definition) is 5. The molecule has 0 spiro atoms. The number of hydrogen-bond donors (Lipinski definition) is 2. The summed E-state index contributed by atoms with van der Waals surface area (Å²) in [6, 6.07) is 10.3. The Kier molecular flexibility index (Phi) is 6.96. The van der Waals surface area contributed by atoms with Crippen LogP contribution in [0.15, 0.2) is 40.4 Å². The highest BCUT2D eigenvalue weighted by Crippen LogP contribution is 2.24. The highest BCUT2D eigenvalue weighted by Gasteiger charge is 2.22. The molecular formula is C20H19BrN4O4. The zero-order valence-electron chi connectivity index (χ0n) is 16.0. The van der Waals surface area contributed by atoms with Crippen molar-refractivity contribution < 1.29 is 19.1 Å². The van der Waals surface area contributed by atoms with Crippen LogP contribution in [0.25, 0.3) is 11.8 Å². The third kappa shape index (κ3) is 5.33. The molecule has 2 aromatic rings. The molecule has 150 valence electrons. The van der Waals surface area contributed by atoms with Crippen molar-refractivity contribution in [2.45, 2.75) is 26.9 Å². The van der Waals surface area contributed by atoms with Crippen molar-refractivity contribution in [1.82, 2.24) is 9.88 Å². The number of nitrogens with one attached hydrogen (secondary N) is 1. The minimum absolute atomic E-state index is 0.278. The molecule has 0 radical (unpaired) electrons. The van der Waals surface area contributed by atoms with Crippen LogP contribution >= 0.6 is 15.9 Å². The van der Waals surface area contributed by atoms with Crippen molar-refractivity contribution in [1.29, 1.82) is 5.26 Å². The summed E-state index contributed by atoms with van der Waals surface area (Å²) in [5.41, 5.74) is 7.91. The Balaban J connectivity index is 2.29. The van der Waals surface area contributed by atoms with Gasteiger partial charge >= 0.3 is 12.0 Å². The number of nitrogens with two attached hydrogens (primary N) is 1. The van der Waals surface area contributed by atoms with Crippen LogP contribution in [0.2, 0.25) is 0 Å². The Bertz CT molecular complexity index is 1030. The molecule has 0 bridgehead atoms. The first kappa shape index (κ1) is 21.9. The van der Waals surface area contributed by atoms with Crippen LogP contribution in [0.4, 0.5) is 4.79 Å². The van der Waals surface area contributed by atoms with E-state index in [0.29, 0.717) is 5.56 Å². The molecule has 1 atom stereocenters. The SMILES string of the molecule is Cc1cc(/C=C(\C#N)C(=O)OC(C)C(=O)NC(N)=O)c(C)n1-c1ccc(Br)cc1. The molecule has 3 N–H and O–H groups in total. The lowest BCUT2D eigenvalue weighted by atomic mass is 10.1. The number of carbonyl (C=O) groups is 3. The Hall–Kier alpha value is -3.38. The van der Waals surface area contributed by atoms with Gasteiger partial charge in [-0.3, -0.25) is 10.1 Å². The van der Waals surface area contributed by atoms with E-state index in [1.807, 2.05) is 54.1 Å². The second-order valence-corrected chi connectivity index (χ2v) is 7.12. The number of rotatable bonds is 5. The van der Waals surface area contributed by atoms with E-state index >= 15 is 0 Å². The Morgan fingerprint density at radius 1 is 1.28 bits per heavy atom. The molecule has 0 saturated heterocycles. The first-order valence-electron chi connectivity index (χ1n) is 8.52. The summed E-state index contributed by atoms with van der Waals surface area (Å²) < 4.78 is 7.89. The minimum atomic E-state index is -1.29. The molecule has 3 amide bonds. The van der Waals surface area contributed by atoms with Crippen LogP contribution in [-0.4, -0.2) is 28.6 Å². The van der Waals surface area contributed by atoms with Gasteiger partial charge in [0.2, 0.25) is 0 Å². The summed E-state index contributed by atoms with van der Waals surface area (Å²) in [5, 5.41) is 11.2. The second-order valence-electron chi connectivity index (χ2n) is 6.21. The third-order valence-electron chi connectivity index (χ3n) is 4.09. The number of carbonyl (C=O) groups excluding carboxylic acids is 3. The summed E-state index contributed by atoms with van der Waals surface area (Å²) in [4.78, 5) is 34.6. The average Bonchev–Trinajstić information content (AvgIpc) is 2.93. The number of benzene rings is 1. The average molecular weight is 459 g/mol. The predicted molar refractivity (Wildman–Crippen MR) is 110 cm³/mol. The van der Waals surface area contributed by atoms with Gasteiger partial charge in [-0.05, 0) is 62.7 Å². The van der Waals surface area contributed by atoms with Crippen molar-refractivity contribution in [3.63, 3.8) is 0 Å². The minimum Gasteiger partial charge on any atom is -0.448 e. The Morgan fingerprint density at radius 3 is 2.45 bits per heavy atom. The van der Waals surface area contributed by atoms with E-state index in [2.05, 4.69) is 15.9 Å². The quantitative estimate of drug-likeness (QED) is 0.404. The molecule has 0 saturated carbocycles. The summed E-state index contributed by atoms with van der Waals surface area (Å²) in [6.07, 6.45) is 0.112. The summed E-state index contributed by atoms with van der Waals surface area (Å²) >= 11 is 3.40. The fourth-order valence-electron chi connectivity index (χ4n) is 2.71. The standard InChI is InChI=1S/C20H19BrN4O4/c1-11-8-14(12(2)25(11)17-6-4-16(21)5-7-17)9-15(10-22)19(27)29-13(3)18(26)24-20(23)28/h4-9,13H,1-3H3,(H3,23,24,26,28)/b15-9+. The number of amides is 3. The molecule has 1 aromatic carbocycles. The Labute approximate surface area is 176 Å². The number of aryl methyl sites for hydroxylation is 1. The normalized spacial score (nSPS) is 12.0. The molecular weight excluding hydrogens is 440 g/mol. The maximum atomic E-state index is 12.3. The first-order chi connectivity index (χ1) is 13.6. The van der Waals surface area contributed by atoms with Crippen LogP contribution in [0.5, 0.6) is 0 Å². The van der Waals surface area contributed by atoms with Gasteiger partial charge in [0.25, 0.3) is 5.91 Å². The smallest absolute Gasteiger partial charge is 0.349 e. The molecule has 0 fully saturated rings. The van der Waals surface area contributed by atoms with E-state index in [1.54, 1.807) is 6.07 Å². The molecule has 1 aromatic heterocycles. The summed E-state index contributed by atoms with van der Waals surface area (Å²) in [7, 11) is 0. The maximum Gasteiger partial charge on any atom is 0.349 e. The van der Waals surface area contributed by atoms with Gasteiger partial charge in [0.05, 0.1) is 0 Å². The summed E-state index contributed by atoms with van der Waals surface area (Å²) in [5.74, 6) is -1.86. The largest absolute Gasteiger partial charge is 0.448 e. The van der Waals surface area contributed by atoms with Crippen molar-refractivity contribution in [2.24, 2.45) is 5.73 Å². The van der Waals surface area contributed by atoms with Gasteiger partial charge in [-0.1, -0.05) is 15.9 Å². The van der Waals surface area contributed by atoms with E-state index in [4.69, 9.17) is 10.5 Å². The highest BCUT2D eigenvalue weighted by atomic mass is 79.9. The molecule has 0 aliphatic heterocycles. The molecule has 1 heterocycles. The van der Waals surface area contributed by atoms with Gasteiger partial charge in [-0.15, -0.1) is 0 Å². The van der Waals surface area contributed by atoms with E-state index < -0.39 is 24.0 Å². The van der Waals surface area contributed by atoms with E-state index in [-0.39, 0.29) is 5.57 Å². The van der Waals surface area contributed by atoms with Gasteiger partial charge in [-0.25, -0.2) is 9.59 Å². The summed E-state index contributed by atoms with van der Waals surface area (Å²) in [6.45, 7) is 5.04. The van der Waals surface area contributed by atoms with E-state index in [0.717, 1.165) is 21.5 Å². The van der Waals surface area contributed by atoms with Crippen LogP contribution in [0.1, 0.15) is 23.9 Å². The van der Waals surface area contributed by atoms with Gasteiger partial charge in [-0.2, -0.15) is 5.26 Å². The van der Waals surface area contributed by atoms with Gasteiger partial charge in [0.15, 0.2) is 6.10 Å². The van der Waals surface area contributed by atoms with Gasteiger partial charge in [0.1, 0.15) is 11.6 Å². The van der Waals surface area contributed by atoms with E-state index in [9.17, 15) is 19.6 Å². The fourth-order valence-corrected chi connectivity index (χ4v) is 2.98. The van der Waals surface area contributed by atoms with Gasteiger partial charge in [0, 0.05) is 21.5 Å². The third-order valence-corrected chi connectivity index (χ3v) is 4.62. The number of halogens is 1. The molecule has 0 aliphatic carbocycles. The number of urea groups is 1. The molecule has 1 unspecified atom stereocenters. The number of esters is 1. The molecule has 9 heteroatoms. The Morgan fingerprint density at radius 2 is 1.90 bits per heavy atom. The van der Waals surface area contributed by atoms with Crippen LogP contribution in [0, 0.1) is 25.2 Å². The van der Waals surface area contributed by atoms with Crippen LogP contribution in [-0.2, 0) is 14.3 Å². The van der Waals surface area contributed by atoms with Crippen molar-refractivity contribution in [2.75, 3.05) is 0 Å². The number of nitriles is 1. The molecule has 8 nitrogen and oxygen atoms in total. The zero-order valence-corrected chi connectivity index (χ0v) is 17.6. The second kappa shape index (κ2) is 9.21. The van der Waals surface area contributed by atoms with Crippen molar-refractivity contribution >= 4 is 39.9 Å². The highest BCUT2D eigenvalue weighted by molar-refractivity contribution is 9.10. The van der Waals surface area contributed by atoms with Crippen molar-refractivity contribution in [3.8, 4) is 11.8 Å². The number of ether oxygens (including phenoxy) is 1. The number of imide groups is 1. The molecule has 29 heavy (non-hydrogen) atoms. The molecule has 0 aliphatic rings. The monoisotopic (exact) mass is 458 g/mol. The topological polar surface area (TPSA) is 127 Å². The van der Waals surface area contributed by atoms with Crippen LogP contribution < -0.4 is 11.1 Å². The lowest BCUT2D eigenvalue weighted by Gasteiger charge is -2.11. The van der Waals surface area contributed by atoms with Gasteiger partial charge < -0.3 is 15.0 Å². The fraction of sp³-hybridized carbons (Fsp3) is 0.200. The number of aromatic nitrogens is 1. The van der Waals surface area contributed by atoms with Crippen LogP contribution in [0.3, 0.4) is 0 Å². The maximum absolute atomic E-state index is 12.3.